The smallest absolute Gasteiger partial charge is 0.307 e. The zero-order valence-corrected chi connectivity index (χ0v) is 17.8. The van der Waals surface area contributed by atoms with Gasteiger partial charge in [0.1, 0.15) is 5.00 Å². The lowest BCUT2D eigenvalue weighted by atomic mass is 9.79. The van der Waals surface area contributed by atoms with Crippen molar-refractivity contribution in [3.8, 4) is 0 Å². The maximum atomic E-state index is 13.2. The van der Waals surface area contributed by atoms with Crippen LogP contribution in [0.4, 0.5) is 10.7 Å². The van der Waals surface area contributed by atoms with E-state index in [1.165, 1.54) is 11.3 Å². The van der Waals surface area contributed by atoms with Crippen LogP contribution in [0.2, 0.25) is 0 Å². The molecule has 2 amide bonds. The first-order valence-corrected chi connectivity index (χ1v) is 11.3. The largest absolute Gasteiger partial charge is 0.481 e. The minimum Gasteiger partial charge on any atom is -0.481 e. The van der Waals surface area contributed by atoms with Crippen LogP contribution in [0.5, 0.6) is 0 Å². The number of fused-ring (bicyclic) bond motifs is 1. The second kappa shape index (κ2) is 8.60. The molecule has 2 atom stereocenters. The Bertz CT molecular complexity index is 997. The van der Waals surface area contributed by atoms with Crippen molar-refractivity contribution in [2.75, 3.05) is 10.6 Å². The summed E-state index contributed by atoms with van der Waals surface area (Å²) < 4.78 is 0. The van der Waals surface area contributed by atoms with Crippen LogP contribution < -0.4 is 10.6 Å². The molecule has 0 bridgehead atoms. The molecule has 0 saturated heterocycles. The summed E-state index contributed by atoms with van der Waals surface area (Å²) in [6.45, 7) is 1.94. The molecule has 1 aromatic carbocycles. The topological polar surface area (TPSA) is 95.5 Å². The van der Waals surface area contributed by atoms with Gasteiger partial charge in [-0.15, -0.1) is 11.3 Å². The number of thiophene rings is 1. The monoisotopic (exact) mass is 426 g/mol. The number of anilines is 2. The molecule has 3 N–H and O–H groups in total. The molecular weight excluding hydrogens is 400 g/mol. The van der Waals surface area contributed by atoms with Gasteiger partial charge in [0.2, 0.25) is 5.91 Å². The Hall–Kier alpha value is -2.67. The number of hydrogen-bond donors (Lipinski definition) is 3. The highest BCUT2D eigenvalue weighted by Gasteiger charge is 2.37. The second-order valence-electron chi connectivity index (χ2n) is 8.16. The zero-order valence-electron chi connectivity index (χ0n) is 17.0. The van der Waals surface area contributed by atoms with E-state index in [0.29, 0.717) is 23.4 Å². The summed E-state index contributed by atoms with van der Waals surface area (Å²) in [5.74, 6) is -2.64. The van der Waals surface area contributed by atoms with Gasteiger partial charge in [0.25, 0.3) is 5.91 Å². The highest BCUT2D eigenvalue weighted by Crippen LogP contribution is 2.40. The number of benzene rings is 1. The number of carboxylic acids is 1. The van der Waals surface area contributed by atoms with E-state index in [1.54, 1.807) is 0 Å². The van der Waals surface area contributed by atoms with Gasteiger partial charge in [-0.2, -0.15) is 0 Å². The third-order valence-electron chi connectivity index (χ3n) is 6.20. The summed E-state index contributed by atoms with van der Waals surface area (Å²) in [6, 6.07) is 7.59. The Labute approximate surface area is 179 Å². The highest BCUT2D eigenvalue weighted by atomic mass is 32.1. The molecular formula is C23H26N2O4S. The van der Waals surface area contributed by atoms with E-state index in [1.807, 2.05) is 31.2 Å². The number of aryl methyl sites for hydroxylation is 2. The summed E-state index contributed by atoms with van der Waals surface area (Å²) in [7, 11) is 0. The summed E-state index contributed by atoms with van der Waals surface area (Å²) >= 11 is 1.45. The molecule has 2 aromatic rings. The molecule has 2 aliphatic carbocycles. The second-order valence-corrected chi connectivity index (χ2v) is 9.26. The van der Waals surface area contributed by atoms with Crippen LogP contribution in [-0.4, -0.2) is 22.9 Å². The molecule has 1 aromatic heterocycles. The average molecular weight is 427 g/mol. The Morgan fingerprint density at radius 3 is 2.47 bits per heavy atom. The molecule has 0 spiro atoms. The number of para-hydroxylation sites is 1. The molecule has 1 saturated carbocycles. The SMILES string of the molecule is Cc1ccccc1NC(=O)c1c(NC(=O)[C@@H]2CCCC[C@@H]2C(=O)O)sc2c1CCC2. The van der Waals surface area contributed by atoms with Crippen LogP contribution >= 0.6 is 11.3 Å². The molecule has 6 nitrogen and oxygen atoms in total. The summed E-state index contributed by atoms with van der Waals surface area (Å²) in [5.41, 5.74) is 3.26. The van der Waals surface area contributed by atoms with Crippen LogP contribution in [0.25, 0.3) is 0 Å². The minimum absolute atomic E-state index is 0.225. The van der Waals surface area contributed by atoms with E-state index in [9.17, 15) is 19.5 Å². The third-order valence-corrected chi connectivity index (χ3v) is 7.41. The number of rotatable bonds is 5. The molecule has 1 fully saturated rings. The highest BCUT2D eigenvalue weighted by molar-refractivity contribution is 7.17. The van der Waals surface area contributed by atoms with Gasteiger partial charge in [-0.3, -0.25) is 14.4 Å². The number of carbonyl (C=O) groups is 3. The van der Waals surface area contributed by atoms with Crippen LogP contribution in [-0.2, 0) is 22.4 Å². The van der Waals surface area contributed by atoms with Crippen LogP contribution in [0.3, 0.4) is 0 Å². The molecule has 7 heteroatoms. The van der Waals surface area contributed by atoms with E-state index in [-0.39, 0.29) is 11.8 Å². The fraction of sp³-hybridized carbons (Fsp3) is 0.435. The van der Waals surface area contributed by atoms with Gasteiger partial charge in [0, 0.05) is 10.6 Å². The van der Waals surface area contributed by atoms with Crippen molar-refractivity contribution in [2.24, 2.45) is 11.8 Å². The van der Waals surface area contributed by atoms with Crippen molar-refractivity contribution in [3.05, 3.63) is 45.8 Å². The Morgan fingerprint density at radius 2 is 1.73 bits per heavy atom. The maximum absolute atomic E-state index is 13.2. The summed E-state index contributed by atoms with van der Waals surface area (Å²) in [5, 5.41) is 16.0. The minimum atomic E-state index is -0.916. The van der Waals surface area contributed by atoms with Gasteiger partial charge >= 0.3 is 5.97 Å². The van der Waals surface area contributed by atoms with Crippen LogP contribution in [0, 0.1) is 18.8 Å². The van der Waals surface area contributed by atoms with Crippen molar-refractivity contribution in [1.29, 1.82) is 0 Å². The quantitative estimate of drug-likeness (QED) is 0.650. The van der Waals surface area contributed by atoms with E-state index in [2.05, 4.69) is 10.6 Å². The molecule has 1 heterocycles. The molecule has 0 unspecified atom stereocenters. The number of hydrogen-bond acceptors (Lipinski definition) is 4. The normalized spacial score (nSPS) is 20.4. The van der Waals surface area contributed by atoms with Crippen molar-refractivity contribution in [3.63, 3.8) is 0 Å². The predicted octanol–water partition coefficient (Wildman–Crippen LogP) is 4.63. The van der Waals surface area contributed by atoms with E-state index in [0.717, 1.165) is 53.8 Å². The fourth-order valence-electron chi connectivity index (χ4n) is 4.58. The van der Waals surface area contributed by atoms with Crippen molar-refractivity contribution >= 4 is 39.8 Å². The van der Waals surface area contributed by atoms with Gasteiger partial charge in [0.05, 0.1) is 17.4 Å². The summed E-state index contributed by atoms with van der Waals surface area (Å²) in [4.78, 5) is 38.9. The van der Waals surface area contributed by atoms with E-state index >= 15 is 0 Å². The first kappa shape index (κ1) is 20.6. The molecule has 158 valence electrons. The van der Waals surface area contributed by atoms with Crippen molar-refractivity contribution in [1.82, 2.24) is 0 Å². The Morgan fingerprint density at radius 1 is 1.00 bits per heavy atom. The standard InChI is InChI=1S/C23H26N2O4S/c1-13-7-2-5-11-17(13)24-21(27)19-16-10-6-12-18(16)30-22(19)25-20(26)14-8-3-4-9-15(14)23(28)29/h2,5,7,11,14-15H,3-4,6,8-10,12H2,1H3,(H,24,27)(H,25,26)(H,28,29)/t14-,15+/m1/s1. The number of carbonyl (C=O) groups excluding carboxylic acids is 2. The predicted molar refractivity (Wildman–Crippen MR) is 117 cm³/mol. The van der Waals surface area contributed by atoms with Crippen LogP contribution in [0.1, 0.15) is 58.5 Å². The summed E-state index contributed by atoms with van der Waals surface area (Å²) in [6.07, 6.45) is 5.50. The lowest BCUT2D eigenvalue weighted by Crippen LogP contribution is -2.36. The molecule has 0 aliphatic heterocycles. The maximum Gasteiger partial charge on any atom is 0.307 e. The van der Waals surface area contributed by atoms with E-state index in [4.69, 9.17) is 0 Å². The lowest BCUT2D eigenvalue weighted by Gasteiger charge is -2.27. The zero-order chi connectivity index (χ0) is 21.3. The van der Waals surface area contributed by atoms with Gasteiger partial charge in [-0.1, -0.05) is 31.0 Å². The van der Waals surface area contributed by atoms with E-state index < -0.39 is 17.8 Å². The van der Waals surface area contributed by atoms with Gasteiger partial charge in [-0.25, -0.2) is 0 Å². The molecule has 4 rings (SSSR count). The van der Waals surface area contributed by atoms with Gasteiger partial charge in [-0.05, 0) is 56.2 Å². The van der Waals surface area contributed by atoms with Gasteiger partial charge < -0.3 is 15.7 Å². The average Bonchev–Trinajstić information content (AvgIpc) is 3.30. The van der Waals surface area contributed by atoms with Crippen molar-refractivity contribution < 1.29 is 19.5 Å². The Balaban J connectivity index is 1.60. The van der Waals surface area contributed by atoms with Crippen molar-refractivity contribution in [2.45, 2.75) is 51.9 Å². The van der Waals surface area contributed by atoms with Crippen LogP contribution in [0.15, 0.2) is 24.3 Å². The number of carboxylic acid groups (broad SMARTS) is 1. The third kappa shape index (κ3) is 3.99. The number of aliphatic carboxylic acids is 1. The Kier molecular flexibility index (Phi) is 5.90. The molecule has 0 radical (unpaired) electrons. The first-order chi connectivity index (χ1) is 14.5. The first-order valence-electron chi connectivity index (χ1n) is 10.5. The fourth-order valence-corrected chi connectivity index (χ4v) is 5.87. The lowest BCUT2D eigenvalue weighted by molar-refractivity contribution is -0.147. The number of amides is 2. The number of nitrogens with one attached hydrogen (secondary N) is 2. The van der Waals surface area contributed by atoms with Gasteiger partial charge in [0.15, 0.2) is 0 Å². The molecule has 30 heavy (non-hydrogen) atoms. The molecule has 2 aliphatic rings.